The molecule has 1 unspecified atom stereocenters. The number of hydrogen-bond acceptors (Lipinski definition) is 6. The van der Waals surface area contributed by atoms with E-state index in [0.29, 0.717) is 34.7 Å². The van der Waals surface area contributed by atoms with Crippen molar-refractivity contribution in [3.63, 3.8) is 0 Å². The third kappa shape index (κ3) is 5.02. The van der Waals surface area contributed by atoms with Crippen molar-refractivity contribution in [2.24, 2.45) is 0 Å². The molecule has 0 bridgehead atoms. The fourth-order valence-corrected chi connectivity index (χ4v) is 6.55. The molecular weight excluding hydrogens is 575 g/mol. The molecule has 1 N–H and O–H groups in total. The van der Waals surface area contributed by atoms with Gasteiger partial charge in [-0.05, 0) is 49.2 Å². The number of aromatic nitrogens is 2. The molecule has 2 aromatic carbocycles. The number of rotatable bonds is 6. The lowest BCUT2D eigenvalue weighted by atomic mass is 9.95. The topological polar surface area (TPSA) is 113 Å². The second-order valence-electron chi connectivity index (χ2n) is 10.4. The van der Waals surface area contributed by atoms with Crippen LogP contribution in [0, 0.1) is 0 Å². The van der Waals surface area contributed by atoms with E-state index in [0.717, 1.165) is 17.5 Å². The molecule has 0 saturated carbocycles. The fourth-order valence-electron chi connectivity index (χ4n) is 5.62. The first-order valence-electron chi connectivity index (χ1n) is 13.0. The van der Waals surface area contributed by atoms with Crippen molar-refractivity contribution in [3.8, 4) is 0 Å². The van der Waals surface area contributed by atoms with E-state index >= 15 is 0 Å². The van der Waals surface area contributed by atoms with Crippen molar-refractivity contribution >= 4 is 44.9 Å². The van der Waals surface area contributed by atoms with Crippen LogP contribution in [-0.2, 0) is 22.8 Å². The Kier molecular flexibility index (Phi) is 7.73. The van der Waals surface area contributed by atoms with Gasteiger partial charge in [0.05, 0.1) is 45.9 Å². The molecule has 0 saturated heterocycles. The van der Waals surface area contributed by atoms with Crippen LogP contribution in [0.4, 0.5) is 0 Å². The normalized spacial score (nSPS) is 19.8. The van der Waals surface area contributed by atoms with Crippen molar-refractivity contribution in [2.45, 2.75) is 56.3 Å². The van der Waals surface area contributed by atoms with E-state index in [2.05, 4.69) is 0 Å². The lowest BCUT2D eigenvalue weighted by Crippen LogP contribution is -2.47. The maximum absolute atomic E-state index is 14.1. The number of halogens is 2. The zero-order valence-corrected chi connectivity index (χ0v) is 24.7. The first kappa shape index (κ1) is 28.6. The number of nitrogens with zero attached hydrogens (tertiary/aromatic N) is 4. The molecule has 9 nitrogen and oxygen atoms in total. The third-order valence-corrected chi connectivity index (χ3v) is 9.62. The van der Waals surface area contributed by atoms with Crippen LogP contribution in [-0.4, -0.2) is 70.4 Å². The second kappa shape index (κ2) is 10.8. The molecule has 0 radical (unpaired) electrons. The van der Waals surface area contributed by atoms with Gasteiger partial charge in [0.2, 0.25) is 0 Å². The van der Waals surface area contributed by atoms with Crippen molar-refractivity contribution < 1.29 is 23.1 Å². The Labute approximate surface area is 243 Å². The van der Waals surface area contributed by atoms with Gasteiger partial charge >= 0.3 is 0 Å². The van der Waals surface area contributed by atoms with E-state index < -0.39 is 15.9 Å². The number of sulfone groups is 1. The molecular formula is C28H30Cl2N4O5S. The lowest BCUT2D eigenvalue weighted by Gasteiger charge is -2.39. The monoisotopic (exact) mass is 604 g/mol. The molecule has 0 aliphatic carbocycles. The minimum Gasteiger partial charge on any atom is -0.394 e. The molecule has 3 heterocycles. The summed E-state index contributed by atoms with van der Waals surface area (Å²) in [7, 11) is -3.36. The first-order chi connectivity index (χ1) is 18.9. The van der Waals surface area contributed by atoms with E-state index in [1.54, 1.807) is 50.9 Å². The highest BCUT2D eigenvalue weighted by Gasteiger charge is 2.42. The molecule has 12 heteroatoms. The van der Waals surface area contributed by atoms with Crippen molar-refractivity contribution in [3.05, 3.63) is 80.6 Å². The predicted molar refractivity (Wildman–Crippen MR) is 151 cm³/mol. The molecule has 1 aromatic heterocycles. The fraction of sp³-hybridized carbons (Fsp3) is 0.393. The summed E-state index contributed by atoms with van der Waals surface area (Å²) in [5.74, 6) is -0.470. The van der Waals surface area contributed by atoms with Gasteiger partial charge in [-0.2, -0.15) is 5.10 Å². The van der Waals surface area contributed by atoms with Gasteiger partial charge in [0.25, 0.3) is 11.8 Å². The Morgan fingerprint density at radius 1 is 1.15 bits per heavy atom. The third-order valence-electron chi connectivity index (χ3n) is 7.75. The van der Waals surface area contributed by atoms with E-state index in [-0.39, 0.29) is 53.5 Å². The Morgan fingerprint density at radius 2 is 1.85 bits per heavy atom. The van der Waals surface area contributed by atoms with Gasteiger partial charge < -0.3 is 14.9 Å². The van der Waals surface area contributed by atoms with Crippen LogP contribution in [0.25, 0.3) is 0 Å². The molecule has 3 aromatic rings. The lowest BCUT2D eigenvalue weighted by molar-refractivity contribution is 0.0489. The zero-order chi connectivity index (χ0) is 28.9. The standard InChI is InChI=1S/C28H30Cl2N4O5S/c1-4-25(17-5-8-20(9-6-17)40(3,38)39)33-13-19(15-35)34-26(28(33)37)21-14-32(16(2)11-24(21)31-34)27(36)18-7-10-22(29)23(30)12-18/h5-10,12,16,19,25,35H,4,11,13-15H2,1-3H3/t16-,19+,25?/m1/s1. The number of carbonyl (C=O) groups is 2. The van der Waals surface area contributed by atoms with Crippen LogP contribution in [0.2, 0.25) is 10.0 Å². The Balaban J connectivity index is 1.50. The minimum atomic E-state index is -3.36. The number of aliphatic hydroxyl groups excluding tert-OH is 1. The minimum absolute atomic E-state index is 0.179. The molecule has 5 rings (SSSR count). The quantitative estimate of drug-likeness (QED) is 0.448. The van der Waals surface area contributed by atoms with Crippen LogP contribution in [0.15, 0.2) is 47.4 Å². The van der Waals surface area contributed by atoms with Crippen LogP contribution < -0.4 is 0 Å². The van der Waals surface area contributed by atoms with Gasteiger partial charge in [-0.25, -0.2) is 8.42 Å². The van der Waals surface area contributed by atoms with Gasteiger partial charge in [-0.1, -0.05) is 42.3 Å². The summed E-state index contributed by atoms with van der Waals surface area (Å²) in [5.41, 5.74) is 2.97. The van der Waals surface area contributed by atoms with Crippen molar-refractivity contribution in [2.75, 3.05) is 19.4 Å². The average Bonchev–Trinajstić information content (AvgIpc) is 3.29. The number of amides is 2. The SMILES string of the molecule is CCC(c1ccc(S(C)(=O)=O)cc1)N1C[C@@H](CO)n2nc3c(c2C1=O)CN(C(=O)c1ccc(Cl)c(Cl)c1)[C@H](C)C3. The summed E-state index contributed by atoms with van der Waals surface area (Å²) < 4.78 is 25.5. The summed E-state index contributed by atoms with van der Waals surface area (Å²) >= 11 is 12.2. The highest BCUT2D eigenvalue weighted by molar-refractivity contribution is 7.90. The van der Waals surface area contributed by atoms with Gasteiger partial charge in [0, 0.05) is 36.4 Å². The molecule has 2 aliphatic rings. The zero-order valence-electron chi connectivity index (χ0n) is 22.3. The number of benzene rings is 2. The van der Waals surface area contributed by atoms with Gasteiger partial charge in [0.15, 0.2) is 9.84 Å². The number of aliphatic hydroxyl groups is 1. The summed E-state index contributed by atoms with van der Waals surface area (Å²) in [6.07, 6.45) is 2.19. The van der Waals surface area contributed by atoms with E-state index in [9.17, 15) is 23.1 Å². The summed E-state index contributed by atoms with van der Waals surface area (Å²) in [6, 6.07) is 10.3. The Bertz CT molecular complexity index is 1590. The smallest absolute Gasteiger partial charge is 0.273 e. The second-order valence-corrected chi connectivity index (χ2v) is 13.2. The Hall–Kier alpha value is -2.92. The largest absolute Gasteiger partial charge is 0.394 e. The molecule has 40 heavy (non-hydrogen) atoms. The predicted octanol–water partition coefficient (Wildman–Crippen LogP) is 4.32. The van der Waals surface area contributed by atoms with Gasteiger partial charge in [-0.15, -0.1) is 0 Å². The number of hydrogen-bond donors (Lipinski definition) is 1. The summed E-state index contributed by atoms with van der Waals surface area (Å²) in [6.45, 7) is 4.10. The van der Waals surface area contributed by atoms with Crippen molar-refractivity contribution in [1.82, 2.24) is 19.6 Å². The maximum atomic E-state index is 14.1. The first-order valence-corrected chi connectivity index (χ1v) is 15.7. The van der Waals surface area contributed by atoms with E-state index in [1.807, 2.05) is 13.8 Å². The van der Waals surface area contributed by atoms with Crippen LogP contribution in [0.5, 0.6) is 0 Å². The number of carbonyl (C=O) groups excluding carboxylic acids is 2. The molecule has 2 aliphatic heterocycles. The Morgan fingerprint density at radius 3 is 2.45 bits per heavy atom. The average molecular weight is 606 g/mol. The molecule has 0 spiro atoms. The van der Waals surface area contributed by atoms with Crippen molar-refractivity contribution in [1.29, 1.82) is 0 Å². The molecule has 0 fully saturated rings. The summed E-state index contributed by atoms with van der Waals surface area (Å²) in [4.78, 5) is 31.2. The van der Waals surface area contributed by atoms with Gasteiger partial charge in [-0.3, -0.25) is 14.3 Å². The highest BCUT2D eigenvalue weighted by Crippen LogP contribution is 2.37. The number of fused-ring (bicyclic) bond motifs is 3. The highest BCUT2D eigenvalue weighted by atomic mass is 35.5. The van der Waals surface area contributed by atoms with Gasteiger partial charge in [0.1, 0.15) is 5.69 Å². The van der Waals surface area contributed by atoms with Crippen LogP contribution in [0.3, 0.4) is 0 Å². The molecule has 3 atom stereocenters. The van der Waals surface area contributed by atoms with E-state index in [4.69, 9.17) is 28.3 Å². The maximum Gasteiger partial charge on any atom is 0.273 e. The van der Waals surface area contributed by atoms with Crippen LogP contribution >= 0.6 is 23.2 Å². The van der Waals surface area contributed by atoms with E-state index in [1.165, 1.54) is 6.07 Å². The molecule has 2 amide bonds. The van der Waals surface area contributed by atoms with Crippen LogP contribution in [0.1, 0.15) is 70.0 Å². The molecule has 212 valence electrons. The summed E-state index contributed by atoms with van der Waals surface area (Å²) in [5, 5.41) is 15.7.